The Bertz CT molecular complexity index is 1230. The largest absolute Gasteiger partial charge is 0.461 e. The van der Waals surface area contributed by atoms with E-state index in [0.717, 1.165) is 28.3 Å². The van der Waals surface area contributed by atoms with Gasteiger partial charge in [0.2, 0.25) is 0 Å². The van der Waals surface area contributed by atoms with E-state index in [2.05, 4.69) is 4.72 Å². The number of hydrogen-bond donors (Lipinski definition) is 1. The number of aryl methyl sites for hydroxylation is 1. The van der Waals surface area contributed by atoms with E-state index in [-0.39, 0.29) is 5.56 Å². The number of furan rings is 1. The van der Waals surface area contributed by atoms with Crippen LogP contribution >= 0.6 is 23.2 Å². The predicted octanol–water partition coefficient (Wildman–Crippen LogP) is 6.01. The van der Waals surface area contributed by atoms with E-state index in [0.29, 0.717) is 34.2 Å². The lowest BCUT2D eigenvalue weighted by Gasteiger charge is -2.06. The first-order valence-electron chi connectivity index (χ1n) is 9.40. The van der Waals surface area contributed by atoms with Gasteiger partial charge in [0.05, 0.1) is 0 Å². The van der Waals surface area contributed by atoms with E-state index in [1.807, 2.05) is 19.9 Å². The Balaban J connectivity index is 1.92. The highest BCUT2D eigenvalue weighted by atomic mass is 35.5. The minimum atomic E-state index is -3.85. The Morgan fingerprint density at radius 2 is 1.93 bits per heavy atom. The van der Waals surface area contributed by atoms with Crippen LogP contribution < -0.4 is 4.72 Å². The molecule has 1 N–H and O–H groups in total. The summed E-state index contributed by atoms with van der Waals surface area (Å²) in [4.78, 5) is 12.5. The second kappa shape index (κ2) is 9.25. The number of benzene rings is 2. The van der Waals surface area contributed by atoms with Gasteiger partial charge < -0.3 is 4.42 Å². The van der Waals surface area contributed by atoms with Crippen LogP contribution in [0.2, 0.25) is 10.0 Å². The molecule has 0 radical (unpaired) electrons. The number of sulfonamides is 1. The fourth-order valence-electron chi connectivity index (χ4n) is 3.07. The van der Waals surface area contributed by atoms with Crippen molar-refractivity contribution >= 4 is 50.1 Å². The lowest BCUT2D eigenvalue weighted by Crippen LogP contribution is -2.28. The van der Waals surface area contributed by atoms with Crippen LogP contribution in [0.25, 0.3) is 11.0 Å². The third-order valence-corrected chi connectivity index (χ3v) is 6.21. The molecule has 0 bridgehead atoms. The van der Waals surface area contributed by atoms with E-state index < -0.39 is 15.9 Å². The molecule has 5 nitrogen and oxygen atoms in total. The SMILES string of the molecule is CCC/C=C/S(=O)(=O)NC(=O)c1ccc2oc(C)c(Cc3ccc(Cl)cc3Cl)c2c1. The van der Waals surface area contributed by atoms with Crippen LogP contribution in [0.3, 0.4) is 0 Å². The van der Waals surface area contributed by atoms with Crippen LogP contribution in [-0.4, -0.2) is 14.3 Å². The number of unbranched alkanes of at least 4 members (excludes halogenated alkanes) is 1. The molecule has 2 aromatic carbocycles. The number of rotatable bonds is 7. The maximum Gasteiger partial charge on any atom is 0.265 e. The number of halogens is 2. The zero-order valence-corrected chi connectivity index (χ0v) is 18.9. The zero-order chi connectivity index (χ0) is 21.9. The number of fused-ring (bicyclic) bond motifs is 1. The summed E-state index contributed by atoms with van der Waals surface area (Å²) >= 11 is 12.3. The van der Waals surface area contributed by atoms with Crippen LogP contribution in [0.1, 0.15) is 47.0 Å². The molecule has 1 amide bonds. The van der Waals surface area contributed by atoms with E-state index in [1.165, 1.54) is 12.1 Å². The Kier molecular flexibility index (Phi) is 6.91. The summed E-state index contributed by atoms with van der Waals surface area (Å²) in [6.07, 6.45) is 3.44. The summed E-state index contributed by atoms with van der Waals surface area (Å²) in [5, 5.41) is 2.83. The number of nitrogens with one attached hydrogen (secondary N) is 1. The van der Waals surface area contributed by atoms with Crippen LogP contribution in [0.5, 0.6) is 0 Å². The molecule has 8 heteroatoms. The molecule has 3 aromatic rings. The highest BCUT2D eigenvalue weighted by Crippen LogP contribution is 2.31. The molecule has 0 aliphatic heterocycles. The minimum absolute atomic E-state index is 0.221. The average Bonchev–Trinajstić information content (AvgIpc) is 2.98. The Hall–Kier alpha value is -2.28. The normalized spacial score (nSPS) is 12.0. The molecule has 1 heterocycles. The van der Waals surface area contributed by atoms with Crippen molar-refractivity contribution in [3.05, 3.63) is 80.4 Å². The summed E-state index contributed by atoms with van der Waals surface area (Å²) in [6, 6.07) is 10.1. The molecule has 0 aliphatic carbocycles. The third-order valence-electron chi connectivity index (χ3n) is 4.60. The molecule has 158 valence electrons. The molecule has 0 fully saturated rings. The van der Waals surface area contributed by atoms with Crippen molar-refractivity contribution in [1.29, 1.82) is 0 Å². The maximum absolute atomic E-state index is 12.5. The molecule has 30 heavy (non-hydrogen) atoms. The van der Waals surface area contributed by atoms with Gasteiger partial charge in [-0.2, -0.15) is 0 Å². The van der Waals surface area contributed by atoms with Gasteiger partial charge >= 0.3 is 0 Å². The fourth-order valence-corrected chi connectivity index (χ4v) is 4.38. The van der Waals surface area contributed by atoms with Crippen LogP contribution in [-0.2, 0) is 16.4 Å². The van der Waals surface area contributed by atoms with E-state index in [4.69, 9.17) is 27.6 Å². The highest BCUT2D eigenvalue weighted by molar-refractivity contribution is 7.92. The van der Waals surface area contributed by atoms with Crippen molar-refractivity contribution in [3.8, 4) is 0 Å². The Labute approximate surface area is 185 Å². The molecule has 0 aliphatic rings. The van der Waals surface area contributed by atoms with Crippen molar-refractivity contribution in [1.82, 2.24) is 4.72 Å². The molecule has 1 aromatic heterocycles. The lowest BCUT2D eigenvalue weighted by molar-refractivity contribution is 0.0982. The minimum Gasteiger partial charge on any atom is -0.461 e. The van der Waals surface area contributed by atoms with Crippen molar-refractivity contribution in [3.63, 3.8) is 0 Å². The van der Waals surface area contributed by atoms with Gasteiger partial charge in [0.1, 0.15) is 11.3 Å². The van der Waals surface area contributed by atoms with Gasteiger partial charge in [-0.25, -0.2) is 13.1 Å². The monoisotopic (exact) mass is 465 g/mol. The van der Waals surface area contributed by atoms with Gasteiger partial charge in [-0.05, 0) is 49.2 Å². The summed E-state index contributed by atoms with van der Waals surface area (Å²) in [7, 11) is -3.85. The zero-order valence-electron chi connectivity index (χ0n) is 16.5. The lowest BCUT2D eigenvalue weighted by atomic mass is 10.0. The van der Waals surface area contributed by atoms with Crippen molar-refractivity contribution < 1.29 is 17.6 Å². The molecule has 0 unspecified atom stereocenters. The van der Waals surface area contributed by atoms with Crippen molar-refractivity contribution in [2.45, 2.75) is 33.1 Å². The number of carbonyl (C=O) groups excluding carboxylic acids is 1. The van der Waals surface area contributed by atoms with Crippen molar-refractivity contribution in [2.24, 2.45) is 0 Å². The fraction of sp³-hybridized carbons (Fsp3) is 0.227. The second-order valence-corrected chi connectivity index (χ2v) is 9.31. The summed E-state index contributed by atoms with van der Waals surface area (Å²) in [5.74, 6) is -0.00364. The maximum atomic E-state index is 12.5. The first kappa shape index (κ1) is 22.4. The van der Waals surface area contributed by atoms with Gasteiger partial charge in [-0.15, -0.1) is 0 Å². The Morgan fingerprint density at radius 3 is 2.63 bits per heavy atom. The van der Waals surface area contributed by atoms with E-state index in [1.54, 1.807) is 24.3 Å². The standard InChI is InChI=1S/C22H21Cl2NO4S/c1-3-4-5-10-30(27,28)25-22(26)16-7-9-21-19(12-16)18(14(2)29-21)11-15-6-8-17(23)13-20(15)24/h5-10,12-13H,3-4,11H2,1-2H3,(H,25,26)/b10-5+. The first-order valence-corrected chi connectivity index (χ1v) is 11.7. The quantitative estimate of drug-likeness (QED) is 0.463. The molecule has 3 rings (SSSR count). The molecular formula is C22H21Cl2NO4S. The van der Waals surface area contributed by atoms with E-state index >= 15 is 0 Å². The highest BCUT2D eigenvalue weighted by Gasteiger charge is 2.18. The summed E-state index contributed by atoms with van der Waals surface area (Å²) in [5.41, 5.74) is 2.56. The topological polar surface area (TPSA) is 76.4 Å². The summed E-state index contributed by atoms with van der Waals surface area (Å²) < 4.78 is 32.0. The predicted molar refractivity (Wildman–Crippen MR) is 121 cm³/mol. The Morgan fingerprint density at radius 1 is 1.17 bits per heavy atom. The van der Waals surface area contributed by atoms with Crippen LogP contribution in [0.15, 0.2) is 52.3 Å². The van der Waals surface area contributed by atoms with Gasteiger partial charge in [-0.3, -0.25) is 4.79 Å². The number of amides is 1. The van der Waals surface area contributed by atoms with Gasteiger partial charge in [0.25, 0.3) is 15.9 Å². The molecule has 0 spiro atoms. The summed E-state index contributed by atoms with van der Waals surface area (Å²) in [6.45, 7) is 3.77. The van der Waals surface area contributed by atoms with Crippen molar-refractivity contribution in [2.75, 3.05) is 0 Å². The third kappa shape index (κ3) is 5.25. The molecular weight excluding hydrogens is 445 g/mol. The van der Waals surface area contributed by atoms with Crippen LogP contribution in [0.4, 0.5) is 0 Å². The average molecular weight is 466 g/mol. The van der Waals surface area contributed by atoms with Crippen LogP contribution in [0, 0.1) is 6.92 Å². The second-order valence-electron chi connectivity index (χ2n) is 6.90. The first-order chi connectivity index (χ1) is 14.2. The number of allylic oxidation sites excluding steroid dienone is 1. The van der Waals surface area contributed by atoms with E-state index in [9.17, 15) is 13.2 Å². The molecule has 0 atom stereocenters. The smallest absolute Gasteiger partial charge is 0.265 e. The molecule has 0 saturated heterocycles. The van der Waals surface area contributed by atoms with Gasteiger partial charge in [-0.1, -0.05) is 48.7 Å². The molecule has 0 saturated carbocycles. The number of hydrogen-bond acceptors (Lipinski definition) is 4. The van der Waals surface area contributed by atoms with Gasteiger partial charge in [0.15, 0.2) is 0 Å². The number of carbonyl (C=O) groups is 1. The van der Waals surface area contributed by atoms with Gasteiger partial charge in [0, 0.05) is 38.4 Å².